The molecule has 4 rings (SSSR count). The van der Waals surface area contributed by atoms with Gasteiger partial charge in [0.05, 0.1) is 42.6 Å². The van der Waals surface area contributed by atoms with Crippen LogP contribution < -0.4 is 10.2 Å². The van der Waals surface area contributed by atoms with Crippen LogP contribution in [0.5, 0.6) is 0 Å². The second-order valence-electron chi connectivity index (χ2n) is 13.2. The van der Waals surface area contributed by atoms with Gasteiger partial charge < -0.3 is 23.8 Å². The molecule has 0 bridgehead atoms. The highest BCUT2D eigenvalue weighted by atomic mass is 32.2. The van der Waals surface area contributed by atoms with Gasteiger partial charge in [0.25, 0.3) is 0 Å². The van der Waals surface area contributed by atoms with Gasteiger partial charge in [-0.05, 0) is 75.1 Å². The fraction of sp³-hybridized carbons (Fsp3) is 0.424. The van der Waals surface area contributed by atoms with Gasteiger partial charge in [-0.1, -0.05) is 32.1 Å². The van der Waals surface area contributed by atoms with E-state index < -0.39 is 52.7 Å². The predicted octanol–water partition coefficient (Wildman–Crippen LogP) is 3.64. The number of fused-ring (bicyclic) bond motifs is 2. The molecule has 0 radical (unpaired) electrons. The van der Waals surface area contributed by atoms with E-state index in [2.05, 4.69) is 13.9 Å². The molecule has 0 unspecified atom stereocenters. The first-order chi connectivity index (χ1) is 23.7. The van der Waals surface area contributed by atoms with Crippen LogP contribution in [-0.4, -0.2) is 73.8 Å². The Balaban J connectivity index is 1.66. The van der Waals surface area contributed by atoms with Crippen molar-refractivity contribution in [2.75, 3.05) is 29.5 Å². The molecule has 280 valence electrons. The van der Waals surface area contributed by atoms with Crippen molar-refractivity contribution in [1.29, 1.82) is 0 Å². The Labute approximate surface area is 303 Å². The van der Waals surface area contributed by atoms with Gasteiger partial charge in [0.1, 0.15) is 16.7 Å². The molecule has 2 aromatic rings. The van der Waals surface area contributed by atoms with Crippen molar-refractivity contribution in [3.8, 4) is 0 Å². The molecule has 2 aliphatic rings. The summed E-state index contributed by atoms with van der Waals surface area (Å²) in [4.78, 5) is 2.19. The fourth-order valence-electron chi connectivity index (χ4n) is 6.51. The van der Waals surface area contributed by atoms with E-state index in [1.165, 1.54) is 12.1 Å². The summed E-state index contributed by atoms with van der Waals surface area (Å²) in [6.45, 7) is 8.57. The van der Waals surface area contributed by atoms with Gasteiger partial charge >= 0.3 is 0 Å². The molecule has 0 spiro atoms. The van der Waals surface area contributed by atoms with Crippen molar-refractivity contribution in [1.82, 2.24) is 0 Å². The van der Waals surface area contributed by atoms with Gasteiger partial charge in [-0.15, -0.1) is 0 Å². The summed E-state index contributed by atoms with van der Waals surface area (Å²) < 4.78 is 109. The maximum atomic E-state index is 11.8. The van der Waals surface area contributed by atoms with Crippen LogP contribution in [0.1, 0.15) is 64.5 Å². The van der Waals surface area contributed by atoms with Crippen molar-refractivity contribution in [2.24, 2.45) is 0 Å². The van der Waals surface area contributed by atoms with Gasteiger partial charge in [0, 0.05) is 63.9 Å². The molecule has 0 saturated heterocycles. The smallest absolute Gasteiger partial charge is 0.209 e. The molecule has 2 heterocycles. The minimum atomic E-state index is -4.72. The fourth-order valence-corrected chi connectivity index (χ4v) is 8.51. The Bertz CT molecular complexity index is 2090. The zero-order valence-electron chi connectivity index (χ0n) is 28.4. The monoisotopic (exact) mass is 783 g/mol. The largest absolute Gasteiger partial charge is 0.748 e. The molecule has 51 heavy (non-hydrogen) atoms. The highest BCUT2D eigenvalue weighted by Gasteiger charge is 2.44. The number of rotatable bonds is 17. The van der Waals surface area contributed by atoms with E-state index in [4.69, 9.17) is 0 Å². The number of nitrogens with zero attached hydrogens (tertiary/aromatic N) is 2. The van der Waals surface area contributed by atoms with Crippen LogP contribution in [0.25, 0.3) is 0 Å². The summed E-state index contributed by atoms with van der Waals surface area (Å²) in [5.74, 6) is -0.977. The summed E-state index contributed by atoms with van der Waals surface area (Å²) in [5, 5.41) is 13.9. The summed E-state index contributed by atoms with van der Waals surface area (Å²) in [7, 11) is -13.5. The molecule has 0 aromatic heterocycles. The number of allylic oxidation sites excluding steroid dienone is 6. The third-order valence-corrected chi connectivity index (χ3v) is 11.9. The van der Waals surface area contributed by atoms with Gasteiger partial charge in [-0.25, -0.2) is 25.3 Å². The lowest BCUT2D eigenvalue weighted by Crippen LogP contribution is -2.28. The Hall–Kier alpha value is -2.91. The minimum absolute atomic E-state index is 0.136. The Morgan fingerprint density at radius 2 is 1.47 bits per heavy atom. The quantitative estimate of drug-likeness (QED) is 0.0426. The Kier molecular flexibility index (Phi) is 12.8. The van der Waals surface area contributed by atoms with Crippen molar-refractivity contribution in [2.45, 2.75) is 74.0 Å². The molecular weight excluding hydrogens is 745 g/mol. The molecule has 0 N–H and O–H groups in total. The number of unbranched alkanes of at least 4 members (excludes halogenated alkanes) is 2. The van der Waals surface area contributed by atoms with Gasteiger partial charge in [-0.3, -0.25) is 5.04 Å². The maximum Gasteiger partial charge on any atom is 0.209 e. The highest BCUT2D eigenvalue weighted by molar-refractivity contribution is 7.94. The lowest BCUT2D eigenvalue weighted by Gasteiger charge is -2.27. The van der Waals surface area contributed by atoms with Gasteiger partial charge in [0.15, 0.2) is 5.71 Å². The van der Waals surface area contributed by atoms with E-state index in [1.54, 1.807) is 24.3 Å². The maximum absolute atomic E-state index is 11.8. The van der Waals surface area contributed by atoms with Crippen LogP contribution in [0.15, 0.2) is 82.3 Å². The van der Waals surface area contributed by atoms with Crippen LogP contribution in [-0.2, 0) is 50.6 Å². The zero-order chi connectivity index (χ0) is 37.8. The predicted molar refractivity (Wildman–Crippen MR) is 186 cm³/mol. The standard InChI is InChI=1S/C33H42N2O12S4/c1-32(2)26-22-24(48-47-46-36)14-16-28(26)34(18-8-10-20-49(37,38)39)30(32)12-6-5-7-13-31-33(3,4)27-23-25(51(43,44)45)15-17-29(27)35(31)19-9-11-21-50(40,41)42/h5-7,12-17,22-23H,8-11,18-21H2,1-4H3,(H3-,36,37,38,39,40,41,42,43,44,45)/p-3. The minimum Gasteiger partial charge on any atom is -0.748 e. The van der Waals surface area contributed by atoms with Gasteiger partial charge in [0.2, 0.25) is 5.69 Å². The van der Waals surface area contributed by atoms with Crippen LogP contribution in [0, 0.1) is 0 Å². The van der Waals surface area contributed by atoms with Crippen molar-refractivity contribution in [3.05, 3.63) is 83.6 Å². The lowest BCUT2D eigenvalue weighted by atomic mass is 9.81. The summed E-state index contributed by atoms with van der Waals surface area (Å²) >= 11 is 0.765. The summed E-state index contributed by atoms with van der Waals surface area (Å²) in [5.41, 5.74) is 3.43. The van der Waals surface area contributed by atoms with E-state index in [9.17, 15) is 44.2 Å². The Morgan fingerprint density at radius 3 is 2.10 bits per heavy atom. The van der Waals surface area contributed by atoms with Crippen LogP contribution in [0.2, 0.25) is 0 Å². The van der Waals surface area contributed by atoms with E-state index >= 15 is 0 Å². The molecule has 0 amide bonds. The first-order valence-electron chi connectivity index (χ1n) is 15.9. The zero-order valence-corrected chi connectivity index (χ0v) is 31.7. The van der Waals surface area contributed by atoms with Crippen LogP contribution >= 0.6 is 12.0 Å². The van der Waals surface area contributed by atoms with Crippen molar-refractivity contribution in [3.63, 3.8) is 0 Å². The van der Waals surface area contributed by atoms with E-state index in [1.807, 2.05) is 63.0 Å². The van der Waals surface area contributed by atoms with Crippen LogP contribution in [0.4, 0.5) is 11.4 Å². The molecule has 2 aliphatic heterocycles. The molecule has 0 saturated carbocycles. The highest BCUT2D eigenvalue weighted by Crippen LogP contribution is 2.48. The normalized spacial score (nSPS) is 18.0. The van der Waals surface area contributed by atoms with E-state index in [0.717, 1.165) is 34.7 Å². The Morgan fingerprint density at radius 1 is 0.804 bits per heavy atom. The SMILES string of the molecule is CC1(C)C(=CC=CC=CC2=[N+](CCCCS(=O)(=O)[O-])c3ccc(SOO[O-])cc3C2(C)C)N(CCCCS(=O)(=O)[O-])c2ccc(S(=O)(=O)[O-])cc21. The third-order valence-electron chi connectivity index (χ3n) is 8.96. The molecule has 14 nitrogen and oxygen atoms in total. The average molecular weight is 784 g/mol. The topological polar surface area (TPSA) is 219 Å². The number of anilines is 1. The number of hydrogen-bond acceptors (Lipinski definition) is 14. The third kappa shape index (κ3) is 10.2. The molecule has 2 aromatic carbocycles. The summed E-state index contributed by atoms with van der Waals surface area (Å²) in [6, 6.07) is 9.65. The number of benzene rings is 2. The first kappa shape index (κ1) is 40.9. The second kappa shape index (κ2) is 16.0. The molecule has 0 fully saturated rings. The molecule has 18 heteroatoms. The second-order valence-corrected chi connectivity index (χ2v) is 18.4. The van der Waals surface area contributed by atoms with E-state index in [0.29, 0.717) is 42.1 Å². The van der Waals surface area contributed by atoms with Gasteiger partial charge in [-0.2, -0.15) is 8.91 Å². The first-order valence-corrected chi connectivity index (χ1v) is 21.2. The molecule has 0 aliphatic carbocycles. The van der Waals surface area contributed by atoms with Crippen molar-refractivity contribution >= 4 is 59.5 Å². The molecular formula is C33H39N2O12S4-3. The van der Waals surface area contributed by atoms with Crippen LogP contribution in [0.3, 0.4) is 0 Å². The number of hydrogen-bond donors (Lipinski definition) is 0. The average Bonchev–Trinajstić information content (AvgIpc) is 3.36. The molecule has 0 atom stereocenters. The van der Waals surface area contributed by atoms with E-state index in [-0.39, 0.29) is 17.7 Å². The lowest BCUT2D eigenvalue weighted by molar-refractivity contribution is -0.777. The van der Waals surface area contributed by atoms with Crippen molar-refractivity contribution < 1.29 is 58.1 Å². The summed E-state index contributed by atoms with van der Waals surface area (Å²) in [6.07, 6.45) is 10.3.